The summed E-state index contributed by atoms with van der Waals surface area (Å²) in [6.07, 6.45) is -0.150. The molecular formula is C23H25F3N4O. The first-order chi connectivity index (χ1) is 14.7. The molecule has 1 fully saturated rings. The molecule has 1 aromatic carbocycles. The number of halogens is 3. The van der Waals surface area contributed by atoms with Gasteiger partial charge in [0.25, 0.3) is 0 Å². The number of hydrogen-bond acceptors (Lipinski definition) is 4. The van der Waals surface area contributed by atoms with Gasteiger partial charge in [0.1, 0.15) is 11.6 Å². The van der Waals surface area contributed by atoms with E-state index in [1.165, 1.54) is 6.07 Å². The number of hydrogen-bond donors (Lipinski definition) is 1. The van der Waals surface area contributed by atoms with Gasteiger partial charge in [0.2, 0.25) is 0 Å². The lowest BCUT2D eigenvalue weighted by Gasteiger charge is -2.35. The number of nitrogens with zero attached hydrogens (tertiary/aromatic N) is 3. The van der Waals surface area contributed by atoms with Crippen molar-refractivity contribution in [3.8, 4) is 0 Å². The number of H-pyrrole nitrogens is 1. The van der Waals surface area contributed by atoms with Crippen molar-refractivity contribution in [2.45, 2.75) is 44.8 Å². The first kappa shape index (κ1) is 21.5. The van der Waals surface area contributed by atoms with Gasteiger partial charge < -0.3 is 4.98 Å². The van der Waals surface area contributed by atoms with Crippen LogP contribution in [0.15, 0.2) is 36.5 Å². The number of ketones is 1. The molecule has 0 unspecified atom stereocenters. The number of pyridine rings is 1. The predicted octanol–water partition coefficient (Wildman–Crippen LogP) is 4.87. The first-order valence-corrected chi connectivity index (χ1v) is 10.4. The van der Waals surface area contributed by atoms with Gasteiger partial charge in [-0.1, -0.05) is 6.07 Å². The Morgan fingerprint density at radius 1 is 1.26 bits per heavy atom. The molecule has 1 aliphatic heterocycles. The highest BCUT2D eigenvalue weighted by atomic mass is 19.4. The summed E-state index contributed by atoms with van der Waals surface area (Å²) in [5.74, 6) is 1.04. The van der Waals surface area contributed by atoms with Gasteiger partial charge in [-0.25, -0.2) is 4.98 Å². The molecule has 4 rings (SSSR count). The van der Waals surface area contributed by atoms with E-state index in [1.807, 2.05) is 26.1 Å². The van der Waals surface area contributed by atoms with E-state index in [-0.39, 0.29) is 17.7 Å². The highest BCUT2D eigenvalue weighted by Crippen LogP contribution is 2.36. The zero-order valence-corrected chi connectivity index (χ0v) is 17.5. The maximum absolute atomic E-state index is 13.0. The van der Waals surface area contributed by atoms with E-state index >= 15 is 0 Å². The third kappa shape index (κ3) is 4.95. The minimum Gasteiger partial charge on any atom is -0.341 e. The van der Waals surface area contributed by atoms with Crippen LogP contribution in [0.4, 0.5) is 13.2 Å². The van der Waals surface area contributed by atoms with Crippen LogP contribution >= 0.6 is 0 Å². The van der Waals surface area contributed by atoms with Crippen LogP contribution in [-0.4, -0.2) is 39.2 Å². The number of carbonyl (C=O) groups excluding carboxylic acids is 1. The Hall–Kier alpha value is -2.74. The molecule has 8 heteroatoms. The SMILES string of the molecule is Cc1ccc(CC(=O)C[C@@H]2CCN(C)[C@@H](c3nc4ccc(C(F)(F)F)cc4[nH]3)C2)cn1. The van der Waals surface area contributed by atoms with Crippen LogP contribution in [0.3, 0.4) is 0 Å². The molecule has 31 heavy (non-hydrogen) atoms. The number of carbonyl (C=O) groups is 1. The van der Waals surface area contributed by atoms with Crippen molar-refractivity contribution >= 4 is 16.8 Å². The van der Waals surface area contributed by atoms with Gasteiger partial charge in [-0.15, -0.1) is 0 Å². The molecule has 0 aliphatic carbocycles. The topological polar surface area (TPSA) is 61.9 Å². The highest BCUT2D eigenvalue weighted by Gasteiger charge is 2.32. The monoisotopic (exact) mass is 430 g/mol. The number of imidazole rings is 1. The van der Waals surface area contributed by atoms with Crippen molar-refractivity contribution in [2.75, 3.05) is 13.6 Å². The van der Waals surface area contributed by atoms with Crippen LogP contribution < -0.4 is 0 Å². The quantitative estimate of drug-likeness (QED) is 0.627. The number of likely N-dealkylation sites (tertiary alicyclic amines) is 1. The summed E-state index contributed by atoms with van der Waals surface area (Å²) >= 11 is 0. The summed E-state index contributed by atoms with van der Waals surface area (Å²) in [4.78, 5) is 26.6. The number of piperidine rings is 1. The van der Waals surface area contributed by atoms with Crippen molar-refractivity contribution in [3.05, 3.63) is 59.2 Å². The van der Waals surface area contributed by atoms with Gasteiger partial charge in [0.15, 0.2) is 0 Å². The van der Waals surface area contributed by atoms with Crippen LogP contribution in [0.25, 0.3) is 11.0 Å². The van der Waals surface area contributed by atoms with Gasteiger partial charge in [-0.2, -0.15) is 13.2 Å². The van der Waals surface area contributed by atoms with Gasteiger partial charge in [-0.05, 0) is 69.1 Å². The molecular weight excluding hydrogens is 405 g/mol. The molecule has 164 valence electrons. The normalized spacial score (nSPS) is 20.3. The number of aromatic nitrogens is 3. The van der Waals surface area contributed by atoms with E-state index in [9.17, 15) is 18.0 Å². The molecule has 0 spiro atoms. The van der Waals surface area contributed by atoms with Crippen molar-refractivity contribution < 1.29 is 18.0 Å². The average molecular weight is 430 g/mol. The minimum absolute atomic E-state index is 0.0608. The zero-order chi connectivity index (χ0) is 22.2. The maximum atomic E-state index is 13.0. The summed E-state index contributed by atoms with van der Waals surface area (Å²) in [6, 6.07) is 7.33. The van der Waals surface area contributed by atoms with Crippen molar-refractivity contribution in [1.29, 1.82) is 0 Å². The second kappa shape index (κ2) is 8.42. The molecule has 5 nitrogen and oxygen atoms in total. The summed E-state index contributed by atoms with van der Waals surface area (Å²) in [6.45, 7) is 2.71. The molecule has 1 aliphatic rings. The zero-order valence-electron chi connectivity index (χ0n) is 17.5. The lowest BCUT2D eigenvalue weighted by molar-refractivity contribution is -0.137. The Morgan fingerprint density at radius 3 is 2.77 bits per heavy atom. The third-order valence-electron chi connectivity index (χ3n) is 6.01. The van der Waals surface area contributed by atoms with Gasteiger partial charge in [0.05, 0.1) is 22.6 Å². The van der Waals surface area contributed by atoms with Gasteiger partial charge in [0, 0.05) is 24.7 Å². The van der Waals surface area contributed by atoms with Crippen molar-refractivity contribution in [1.82, 2.24) is 19.9 Å². The van der Waals surface area contributed by atoms with E-state index in [1.54, 1.807) is 6.20 Å². The molecule has 0 bridgehead atoms. The lowest BCUT2D eigenvalue weighted by Crippen LogP contribution is -2.35. The second-order valence-electron chi connectivity index (χ2n) is 8.47. The number of nitrogens with one attached hydrogen (secondary N) is 1. The fourth-order valence-electron chi connectivity index (χ4n) is 4.25. The third-order valence-corrected chi connectivity index (χ3v) is 6.01. The largest absolute Gasteiger partial charge is 0.416 e. The summed E-state index contributed by atoms with van der Waals surface area (Å²) in [5, 5.41) is 0. The van der Waals surface area contributed by atoms with Crippen LogP contribution in [0.5, 0.6) is 0 Å². The van der Waals surface area contributed by atoms with Crippen molar-refractivity contribution in [2.24, 2.45) is 5.92 Å². The molecule has 1 N–H and O–H groups in total. The Kier molecular flexibility index (Phi) is 5.83. The molecule has 3 aromatic rings. The number of alkyl halides is 3. The summed E-state index contributed by atoms with van der Waals surface area (Å²) in [7, 11) is 1.98. The van der Waals surface area contributed by atoms with E-state index in [0.29, 0.717) is 29.7 Å². The van der Waals surface area contributed by atoms with E-state index < -0.39 is 11.7 Å². The van der Waals surface area contributed by atoms with E-state index in [2.05, 4.69) is 19.9 Å². The fourth-order valence-corrected chi connectivity index (χ4v) is 4.25. The number of fused-ring (bicyclic) bond motifs is 1. The molecule has 2 atom stereocenters. The molecule has 1 saturated heterocycles. The van der Waals surface area contributed by atoms with Crippen LogP contribution in [0.1, 0.15) is 47.9 Å². The van der Waals surface area contributed by atoms with E-state index in [0.717, 1.165) is 42.8 Å². The molecule has 2 aromatic heterocycles. The Bertz CT molecular complexity index is 1070. The highest BCUT2D eigenvalue weighted by molar-refractivity contribution is 5.81. The smallest absolute Gasteiger partial charge is 0.341 e. The van der Waals surface area contributed by atoms with E-state index in [4.69, 9.17) is 0 Å². The molecule has 0 saturated carbocycles. The number of aromatic amines is 1. The number of benzene rings is 1. The molecule has 0 radical (unpaired) electrons. The molecule has 0 amide bonds. The van der Waals surface area contributed by atoms with Gasteiger partial charge in [-0.3, -0.25) is 14.7 Å². The standard InChI is InChI=1S/C23H25F3N4O/c1-14-3-4-16(13-27-14)10-18(31)9-15-7-8-30(2)21(11-15)22-28-19-6-5-17(23(24,25)26)12-20(19)29-22/h3-6,12-13,15,21H,7-11H2,1-2H3,(H,28,29)/t15-,21+/m0/s1. The number of aryl methyl sites for hydroxylation is 1. The summed E-state index contributed by atoms with van der Waals surface area (Å²) < 4.78 is 39.0. The number of Topliss-reactive ketones (excluding diaryl/α,β-unsaturated/α-hetero) is 1. The predicted molar refractivity (Wildman–Crippen MR) is 111 cm³/mol. The Labute approximate surface area is 178 Å². The van der Waals surface area contributed by atoms with Crippen LogP contribution in [-0.2, 0) is 17.4 Å². The maximum Gasteiger partial charge on any atom is 0.416 e. The van der Waals surface area contributed by atoms with Crippen LogP contribution in [0, 0.1) is 12.8 Å². The lowest BCUT2D eigenvalue weighted by atomic mass is 9.86. The fraction of sp³-hybridized carbons (Fsp3) is 0.435. The first-order valence-electron chi connectivity index (χ1n) is 10.4. The van der Waals surface area contributed by atoms with Crippen LogP contribution in [0.2, 0.25) is 0 Å². The minimum atomic E-state index is -4.39. The van der Waals surface area contributed by atoms with Crippen molar-refractivity contribution in [3.63, 3.8) is 0 Å². The van der Waals surface area contributed by atoms with Gasteiger partial charge >= 0.3 is 6.18 Å². The Balaban J connectivity index is 1.46. The Morgan fingerprint density at radius 2 is 2.06 bits per heavy atom. The summed E-state index contributed by atoms with van der Waals surface area (Å²) in [5.41, 5.74) is 2.03. The second-order valence-corrected chi connectivity index (χ2v) is 8.47. The molecule has 3 heterocycles. The number of rotatable bonds is 5. The average Bonchev–Trinajstić information content (AvgIpc) is 3.13.